The minimum Gasteiger partial charge on any atom is -0.338 e. The van der Waals surface area contributed by atoms with Gasteiger partial charge in [0.15, 0.2) is 9.84 Å². The molecule has 6 heteroatoms. The first kappa shape index (κ1) is 14.4. The first-order chi connectivity index (χ1) is 9.06. The zero-order valence-corrected chi connectivity index (χ0v) is 12.5. The van der Waals surface area contributed by atoms with Crippen LogP contribution in [0.5, 0.6) is 0 Å². The van der Waals surface area contributed by atoms with Gasteiger partial charge in [-0.15, -0.1) is 0 Å². The Balaban J connectivity index is 2.28. The van der Waals surface area contributed by atoms with Gasteiger partial charge in [-0.2, -0.15) is 11.8 Å². The molecule has 0 aromatic heterocycles. The molecule has 0 spiro atoms. The number of sulfone groups is 1. The predicted molar refractivity (Wildman–Crippen MR) is 80.6 cm³/mol. The average Bonchev–Trinajstić information content (AvgIpc) is 2.47. The number of thioether (sulfide) groups is 1. The van der Waals surface area contributed by atoms with Gasteiger partial charge < -0.3 is 4.90 Å². The van der Waals surface area contributed by atoms with E-state index >= 15 is 0 Å². The SMILES string of the molecule is CCS(=O)(=O)C1CSCCN1C(=N)c1ccccc1. The normalized spacial score (nSPS) is 20.3. The Morgan fingerprint density at radius 3 is 2.74 bits per heavy atom. The van der Waals surface area contributed by atoms with Crippen LogP contribution in [0.1, 0.15) is 12.5 Å². The third-order valence-electron chi connectivity index (χ3n) is 3.24. The number of rotatable bonds is 3. The smallest absolute Gasteiger partial charge is 0.171 e. The number of hydrogen-bond acceptors (Lipinski definition) is 4. The van der Waals surface area contributed by atoms with Crippen LogP contribution in [0.25, 0.3) is 0 Å². The van der Waals surface area contributed by atoms with Crippen molar-refractivity contribution in [2.45, 2.75) is 12.3 Å². The third kappa shape index (κ3) is 3.12. The Kier molecular flexibility index (Phi) is 4.52. The average molecular weight is 298 g/mol. The topological polar surface area (TPSA) is 61.2 Å². The fourth-order valence-corrected chi connectivity index (χ4v) is 5.06. The molecule has 0 radical (unpaired) electrons. The molecule has 0 bridgehead atoms. The summed E-state index contributed by atoms with van der Waals surface area (Å²) in [5.74, 6) is 1.84. The highest BCUT2D eigenvalue weighted by molar-refractivity contribution is 8.01. The van der Waals surface area contributed by atoms with Crippen molar-refractivity contribution in [1.82, 2.24) is 4.90 Å². The van der Waals surface area contributed by atoms with Crippen molar-refractivity contribution in [2.24, 2.45) is 0 Å². The van der Waals surface area contributed by atoms with E-state index in [0.29, 0.717) is 18.1 Å². The molecule has 0 saturated carbocycles. The zero-order valence-electron chi connectivity index (χ0n) is 10.9. The zero-order chi connectivity index (χ0) is 13.9. The quantitative estimate of drug-likeness (QED) is 0.683. The van der Waals surface area contributed by atoms with E-state index in [9.17, 15) is 8.42 Å². The Labute approximate surface area is 118 Å². The highest BCUT2D eigenvalue weighted by Crippen LogP contribution is 2.23. The Bertz CT molecular complexity index is 543. The summed E-state index contributed by atoms with van der Waals surface area (Å²) in [5.41, 5.74) is 0.769. The molecule has 1 aliphatic heterocycles. The summed E-state index contributed by atoms with van der Waals surface area (Å²) in [6, 6.07) is 9.32. The van der Waals surface area contributed by atoms with Crippen LogP contribution in [0.3, 0.4) is 0 Å². The molecule has 0 aliphatic carbocycles. The first-order valence-corrected chi connectivity index (χ1v) is 9.13. The molecule has 19 heavy (non-hydrogen) atoms. The molecule has 1 saturated heterocycles. The van der Waals surface area contributed by atoms with E-state index in [1.54, 1.807) is 23.6 Å². The highest BCUT2D eigenvalue weighted by atomic mass is 32.2. The lowest BCUT2D eigenvalue weighted by Gasteiger charge is -2.36. The minimum absolute atomic E-state index is 0.122. The van der Waals surface area contributed by atoms with Crippen molar-refractivity contribution in [3.05, 3.63) is 35.9 Å². The maximum atomic E-state index is 12.1. The van der Waals surface area contributed by atoms with E-state index in [1.807, 2.05) is 30.3 Å². The lowest BCUT2D eigenvalue weighted by Crippen LogP contribution is -2.50. The van der Waals surface area contributed by atoms with Gasteiger partial charge in [0, 0.05) is 29.4 Å². The number of nitrogens with one attached hydrogen (secondary N) is 1. The molecular weight excluding hydrogens is 280 g/mol. The van der Waals surface area contributed by atoms with E-state index < -0.39 is 15.2 Å². The van der Waals surface area contributed by atoms with Crippen LogP contribution in [0, 0.1) is 5.41 Å². The van der Waals surface area contributed by atoms with Crippen LogP contribution in [-0.4, -0.2) is 48.3 Å². The molecule has 1 N–H and O–H groups in total. The van der Waals surface area contributed by atoms with Crippen molar-refractivity contribution in [3.8, 4) is 0 Å². The predicted octanol–water partition coefficient (Wildman–Crippen LogP) is 1.82. The van der Waals surface area contributed by atoms with Gasteiger partial charge in [0.25, 0.3) is 0 Å². The summed E-state index contributed by atoms with van der Waals surface area (Å²) >= 11 is 1.64. The second-order valence-electron chi connectivity index (χ2n) is 4.39. The monoisotopic (exact) mass is 298 g/mol. The van der Waals surface area contributed by atoms with E-state index in [4.69, 9.17) is 5.41 Å². The third-order valence-corrected chi connectivity index (χ3v) is 6.52. The molecule has 1 heterocycles. The molecule has 0 amide bonds. The van der Waals surface area contributed by atoms with Gasteiger partial charge in [-0.1, -0.05) is 37.3 Å². The molecule has 2 rings (SSSR count). The van der Waals surface area contributed by atoms with Crippen molar-refractivity contribution in [3.63, 3.8) is 0 Å². The molecule has 1 unspecified atom stereocenters. The first-order valence-electron chi connectivity index (χ1n) is 6.26. The lowest BCUT2D eigenvalue weighted by atomic mass is 10.2. The van der Waals surface area contributed by atoms with E-state index in [-0.39, 0.29) is 5.75 Å². The number of amidine groups is 1. The molecule has 1 aliphatic rings. The summed E-state index contributed by atoms with van der Waals surface area (Å²) in [6.07, 6.45) is 0. The van der Waals surface area contributed by atoms with Gasteiger partial charge in [0.05, 0.1) is 0 Å². The molecular formula is C13H18N2O2S2. The van der Waals surface area contributed by atoms with Gasteiger partial charge >= 0.3 is 0 Å². The van der Waals surface area contributed by atoms with Crippen LogP contribution in [0.2, 0.25) is 0 Å². The fraction of sp³-hybridized carbons (Fsp3) is 0.462. The lowest BCUT2D eigenvalue weighted by molar-refractivity contribution is 0.408. The number of hydrogen-bond donors (Lipinski definition) is 1. The molecule has 1 aromatic rings. The van der Waals surface area contributed by atoms with Crippen LogP contribution in [0.15, 0.2) is 30.3 Å². The molecule has 104 valence electrons. The van der Waals surface area contributed by atoms with Gasteiger partial charge in [-0.3, -0.25) is 5.41 Å². The maximum Gasteiger partial charge on any atom is 0.171 e. The standard InChI is InChI=1S/C13H18N2O2S2/c1-2-19(16,17)12-10-18-9-8-15(12)13(14)11-6-4-3-5-7-11/h3-7,12,14H,2,8-10H2,1H3. The second kappa shape index (κ2) is 5.96. The summed E-state index contributed by atoms with van der Waals surface area (Å²) in [6.45, 7) is 2.28. The second-order valence-corrected chi connectivity index (χ2v) is 7.99. The Morgan fingerprint density at radius 2 is 2.11 bits per heavy atom. The summed E-state index contributed by atoms with van der Waals surface area (Å²) in [4.78, 5) is 1.73. The minimum atomic E-state index is -3.16. The van der Waals surface area contributed by atoms with Gasteiger partial charge in [0.1, 0.15) is 11.2 Å². The highest BCUT2D eigenvalue weighted by Gasteiger charge is 2.34. The maximum absolute atomic E-state index is 12.1. The van der Waals surface area contributed by atoms with E-state index in [2.05, 4.69) is 0 Å². The van der Waals surface area contributed by atoms with Gasteiger partial charge in [-0.25, -0.2) is 8.42 Å². The fourth-order valence-electron chi connectivity index (χ4n) is 2.09. The molecule has 1 atom stereocenters. The summed E-state index contributed by atoms with van der Waals surface area (Å²) in [5, 5.41) is 7.70. The van der Waals surface area contributed by atoms with Crippen LogP contribution in [-0.2, 0) is 9.84 Å². The van der Waals surface area contributed by atoms with E-state index in [1.165, 1.54) is 0 Å². The summed E-state index contributed by atoms with van der Waals surface area (Å²) in [7, 11) is -3.16. The molecule has 1 fully saturated rings. The van der Waals surface area contributed by atoms with Crippen molar-refractivity contribution in [1.29, 1.82) is 5.41 Å². The van der Waals surface area contributed by atoms with Crippen molar-refractivity contribution >= 4 is 27.4 Å². The van der Waals surface area contributed by atoms with Crippen LogP contribution < -0.4 is 0 Å². The Hall–Kier alpha value is -1.01. The van der Waals surface area contributed by atoms with E-state index in [0.717, 1.165) is 11.3 Å². The largest absolute Gasteiger partial charge is 0.338 e. The van der Waals surface area contributed by atoms with Crippen LogP contribution >= 0.6 is 11.8 Å². The van der Waals surface area contributed by atoms with Crippen LogP contribution in [0.4, 0.5) is 0 Å². The van der Waals surface area contributed by atoms with Gasteiger partial charge in [-0.05, 0) is 0 Å². The Morgan fingerprint density at radius 1 is 1.42 bits per heavy atom. The van der Waals surface area contributed by atoms with Crippen molar-refractivity contribution < 1.29 is 8.42 Å². The van der Waals surface area contributed by atoms with Gasteiger partial charge in [0.2, 0.25) is 0 Å². The number of benzene rings is 1. The molecule has 4 nitrogen and oxygen atoms in total. The summed E-state index contributed by atoms with van der Waals surface area (Å²) < 4.78 is 24.3. The number of nitrogens with zero attached hydrogens (tertiary/aromatic N) is 1. The van der Waals surface area contributed by atoms with Crippen molar-refractivity contribution in [2.75, 3.05) is 23.8 Å². The molecule has 1 aromatic carbocycles.